The largest absolute Gasteiger partial charge is 0.489 e. The van der Waals surface area contributed by atoms with Crippen LogP contribution < -0.4 is 15.8 Å². The summed E-state index contributed by atoms with van der Waals surface area (Å²) in [5, 5.41) is 4.21. The number of hydrogen-bond acceptors (Lipinski definition) is 5. The van der Waals surface area contributed by atoms with E-state index in [1.165, 1.54) is 22.4 Å². The van der Waals surface area contributed by atoms with E-state index in [0.29, 0.717) is 23.7 Å². The summed E-state index contributed by atoms with van der Waals surface area (Å²) in [5.41, 5.74) is 8.21. The van der Waals surface area contributed by atoms with Crippen LogP contribution >= 0.6 is 23.7 Å². The van der Waals surface area contributed by atoms with Crippen molar-refractivity contribution in [3.63, 3.8) is 0 Å². The first-order chi connectivity index (χ1) is 12.3. The van der Waals surface area contributed by atoms with E-state index in [1.54, 1.807) is 11.3 Å². The summed E-state index contributed by atoms with van der Waals surface area (Å²) in [6, 6.07) is 19.3. The van der Waals surface area contributed by atoms with Crippen LogP contribution in [0.15, 0.2) is 60.8 Å². The smallest absolute Gasteiger partial charge is 0.180 e. The fourth-order valence-electron chi connectivity index (χ4n) is 2.98. The molecule has 0 spiro atoms. The molecule has 3 aromatic rings. The Morgan fingerprint density at radius 2 is 1.88 bits per heavy atom. The molecule has 0 bridgehead atoms. The van der Waals surface area contributed by atoms with E-state index in [1.807, 2.05) is 24.4 Å². The quantitative estimate of drug-likeness (QED) is 0.631. The number of benzene rings is 2. The number of ether oxygens (including phenoxy) is 1. The molecule has 4 nitrogen and oxygen atoms in total. The van der Waals surface area contributed by atoms with Crippen LogP contribution in [0.4, 0.5) is 5.13 Å². The van der Waals surface area contributed by atoms with Crippen molar-refractivity contribution >= 4 is 28.9 Å². The van der Waals surface area contributed by atoms with Crippen molar-refractivity contribution in [3.8, 4) is 5.75 Å². The summed E-state index contributed by atoms with van der Waals surface area (Å²) >= 11 is 1.55. The third-order valence-electron chi connectivity index (χ3n) is 4.46. The lowest BCUT2D eigenvalue weighted by atomic mass is 10.1. The van der Waals surface area contributed by atoms with Crippen molar-refractivity contribution in [1.29, 1.82) is 0 Å². The van der Waals surface area contributed by atoms with Crippen LogP contribution in [0.3, 0.4) is 0 Å². The molecular formula is C20H22ClN3OS. The van der Waals surface area contributed by atoms with Crippen LogP contribution in [0.1, 0.15) is 28.3 Å². The Hall–Kier alpha value is -2.08. The van der Waals surface area contributed by atoms with Crippen LogP contribution in [0.25, 0.3) is 0 Å². The van der Waals surface area contributed by atoms with E-state index < -0.39 is 0 Å². The minimum atomic E-state index is 0. The molecule has 0 radical (unpaired) electrons. The average Bonchev–Trinajstić information content (AvgIpc) is 3.32. The number of nitrogen functional groups attached to an aromatic ring is 1. The highest BCUT2D eigenvalue weighted by Gasteiger charge is 2.37. The highest BCUT2D eigenvalue weighted by atomic mass is 35.5. The van der Waals surface area contributed by atoms with E-state index >= 15 is 0 Å². The number of nitrogens with one attached hydrogen (secondary N) is 1. The first-order valence-electron chi connectivity index (χ1n) is 8.48. The molecule has 2 unspecified atom stereocenters. The zero-order valence-electron chi connectivity index (χ0n) is 14.3. The van der Waals surface area contributed by atoms with Crippen LogP contribution in [-0.4, -0.2) is 11.0 Å². The summed E-state index contributed by atoms with van der Waals surface area (Å²) in [6.45, 7) is 1.44. The monoisotopic (exact) mass is 387 g/mol. The topological polar surface area (TPSA) is 60.2 Å². The Labute approximate surface area is 163 Å². The number of nitrogens with zero attached hydrogens (tertiary/aromatic N) is 1. The molecule has 1 aliphatic carbocycles. The Kier molecular flexibility index (Phi) is 6.14. The number of anilines is 1. The molecular weight excluding hydrogens is 366 g/mol. The normalized spacial score (nSPS) is 18.2. The van der Waals surface area contributed by atoms with Crippen molar-refractivity contribution in [2.75, 3.05) is 5.73 Å². The maximum absolute atomic E-state index is 5.85. The van der Waals surface area contributed by atoms with E-state index in [9.17, 15) is 0 Å². The lowest BCUT2D eigenvalue weighted by Gasteiger charge is -2.08. The lowest BCUT2D eigenvalue weighted by molar-refractivity contribution is 0.306. The Bertz CT molecular complexity index is 823. The molecule has 1 heterocycles. The summed E-state index contributed by atoms with van der Waals surface area (Å²) in [5.74, 6) is 1.51. The van der Waals surface area contributed by atoms with Crippen molar-refractivity contribution < 1.29 is 4.74 Å². The molecule has 6 heteroatoms. The van der Waals surface area contributed by atoms with Crippen molar-refractivity contribution in [2.24, 2.45) is 0 Å². The van der Waals surface area contributed by atoms with Gasteiger partial charge in [0, 0.05) is 29.6 Å². The molecule has 0 amide bonds. The first kappa shape index (κ1) is 18.7. The van der Waals surface area contributed by atoms with Crippen LogP contribution in [0.5, 0.6) is 5.75 Å². The molecule has 0 saturated heterocycles. The van der Waals surface area contributed by atoms with Crippen molar-refractivity contribution in [3.05, 3.63) is 76.8 Å². The molecule has 1 fully saturated rings. The summed E-state index contributed by atoms with van der Waals surface area (Å²) in [6.07, 6.45) is 3.03. The number of rotatable bonds is 7. The van der Waals surface area contributed by atoms with Gasteiger partial charge in [-0.2, -0.15) is 0 Å². The van der Waals surface area contributed by atoms with Gasteiger partial charge >= 0.3 is 0 Å². The van der Waals surface area contributed by atoms with Gasteiger partial charge in [-0.1, -0.05) is 42.5 Å². The standard InChI is InChI=1S/C20H21N3OS.ClH/c21-20-23-12-17(25-20)11-22-19-10-18(19)15-6-8-16(9-7-15)24-13-14-4-2-1-3-5-14;/h1-9,12,18-19,22H,10-11,13H2,(H2,21,23);1H. The molecule has 1 aliphatic rings. The maximum atomic E-state index is 5.85. The van der Waals surface area contributed by atoms with Gasteiger partial charge in [0.25, 0.3) is 0 Å². The van der Waals surface area contributed by atoms with Gasteiger partial charge in [-0.15, -0.1) is 23.7 Å². The molecule has 136 valence electrons. The van der Waals surface area contributed by atoms with E-state index in [2.05, 4.69) is 46.7 Å². The van der Waals surface area contributed by atoms with Gasteiger partial charge in [-0.05, 0) is 29.7 Å². The van der Waals surface area contributed by atoms with Gasteiger partial charge in [0.15, 0.2) is 5.13 Å². The molecule has 4 rings (SSSR count). The van der Waals surface area contributed by atoms with E-state index in [4.69, 9.17) is 10.5 Å². The van der Waals surface area contributed by atoms with Gasteiger partial charge in [-0.25, -0.2) is 4.98 Å². The average molecular weight is 388 g/mol. The van der Waals surface area contributed by atoms with Gasteiger partial charge in [0.2, 0.25) is 0 Å². The predicted octanol–water partition coefficient (Wildman–Crippen LogP) is 4.37. The second kappa shape index (κ2) is 8.54. The number of hydrogen-bond donors (Lipinski definition) is 2. The Morgan fingerprint density at radius 1 is 1.12 bits per heavy atom. The molecule has 1 saturated carbocycles. The van der Waals surface area contributed by atoms with E-state index in [-0.39, 0.29) is 12.4 Å². The van der Waals surface area contributed by atoms with Crippen LogP contribution in [0, 0.1) is 0 Å². The number of thiazole rings is 1. The zero-order valence-corrected chi connectivity index (χ0v) is 15.9. The summed E-state index contributed by atoms with van der Waals surface area (Å²) < 4.78 is 5.85. The van der Waals surface area contributed by atoms with Gasteiger partial charge in [0.1, 0.15) is 12.4 Å². The molecule has 1 aromatic heterocycles. The Balaban J connectivity index is 0.00000196. The third kappa shape index (κ3) is 4.75. The SMILES string of the molecule is Cl.Nc1ncc(CNC2CC2c2ccc(OCc3ccccc3)cc2)s1. The van der Waals surface area contributed by atoms with Gasteiger partial charge in [-0.3, -0.25) is 0 Å². The van der Waals surface area contributed by atoms with Crippen LogP contribution in [-0.2, 0) is 13.2 Å². The Morgan fingerprint density at radius 3 is 2.58 bits per heavy atom. The highest BCUT2D eigenvalue weighted by Crippen LogP contribution is 2.41. The number of halogens is 1. The molecule has 2 aromatic carbocycles. The zero-order chi connectivity index (χ0) is 17.1. The van der Waals surface area contributed by atoms with Crippen molar-refractivity contribution in [2.45, 2.75) is 31.5 Å². The summed E-state index contributed by atoms with van der Waals surface area (Å²) in [7, 11) is 0. The molecule has 2 atom stereocenters. The highest BCUT2D eigenvalue weighted by molar-refractivity contribution is 7.15. The van der Waals surface area contributed by atoms with Gasteiger partial charge < -0.3 is 15.8 Å². The fourth-order valence-corrected chi connectivity index (χ4v) is 3.61. The minimum Gasteiger partial charge on any atom is -0.489 e. The molecule has 0 aliphatic heterocycles. The third-order valence-corrected chi connectivity index (χ3v) is 5.28. The maximum Gasteiger partial charge on any atom is 0.180 e. The van der Waals surface area contributed by atoms with E-state index in [0.717, 1.165) is 12.3 Å². The second-order valence-electron chi connectivity index (χ2n) is 6.34. The number of aromatic nitrogens is 1. The predicted molar refractivity (Wildman–Crippen MR) is 109 cm³/mol. The lowest BCUT2D eigenvalue weighted by Crippen LogP contribution is -2.16. The summed E-state index contributed by atoms with van der Waals surface area (Å²) in [4.78, 5) is 5.27. The van der Waals surface area contributed by atoms with Crippen LogP contribution in [0.2, 0.25) is 0 Å². The molecule has 26 heavy (non-hydrogen) atoms. The van der Waals surface area contributed by atoms with Crippen molar-refractivity contribution in [1.82, 2.24) is 10.3 Å². The fraction of sp³-hybridized carbons (Fsp3) is 0.250. The minimum absolute atomic E-state index is 0. The van der Waals surface area contributed by atoms with Gasteiger partial charge in [0.05, 0.1) is 0 Å². The second-order valence-corrected chi connectivity index (χ2v) is 7.48. The first-order valence-corrected chi connectivity index (χ1v) is 9.30. The number of nitrogens with two attached hydrogens (primary N) is 1. The molecule has 3 N–H and O–H groups in total.